The van der Waals surface area contributed by atoms with E-state index in [1.54, 1.807) is 6.92 Å². The maximum absolute atomic E-state index is 13.7. The summed E-state index contributed by atoms with van der Waals surface area (Å²) in [6, 6.07) is 3.02. The first-order chi connectivity index (χ1) is 8.99. The minimum absolute atomic E-state index is 0.0951. The molecular weight excluding hydrogens is 253 g/mol. The Kier molecular flexibility index (Phi) is 5.29. The number of benzene rings is 1. The van der Waals surface area contributed by atoms with Gasteiger partial charge in [-0.15, -0.1) is 0 Å². The Labute approximate surface area is 110 Å². The van der Waals surface area contributed by atoms with Crippen LogP contribution in [-0.2, 0) is 14.3 Å². The first-order valence-corrected chi connectivity index (χ1v) is 5.76. The summed E-state index contributed by atoms with van der Waals surface area (Å²) in [5, 5.41) is 2.40. The number of nitrogens with one attached hydrogen (secondary N) is 1. The number of esters is 1. The minimum atomic E-state index is -1.03. The predicted molar refractivity (Wildman–Crippen MR) is 66.1 cm³/mol. The van der Waals surface area contributed by atoms with E-state index in [1.807, 2.05) is 0 Å². The fraction of sp³-hybridized carbons (Fsp3) is 0.385. The average Bonchev–Trinajstić information content (AvgIpc) is 2.37. The molecule has 1 amide bonds. The zero-order valence-electron chi connectivity index (χ0n) is 11.0. The van der Waals surface area contributed by atoms with Gasteiger partial charge in [0.1, 0.15) is 0 Å². The molecule has 0 saturated heterocycles. The second-order valence-electron chi connectivity index (χ2n) is 3.78. The molecule has 0 aliphatic carbocycles. The topological polar surface area (TPSA) is 64.6 Å². The number of carbonyl (C=O) groups excluding carboxylic acids is 2. The third kappa shape index (κ3) is 3.94. The molecule has 1 N–H and O–H groups in total. The van der Waals surface area contributed by atoms with Gasteiger partial charge in [-0.1, -0.05) is 6.07 Å². The fourth-order valence-electron chi connectivity index (χ4n) is 1.57. The van der Waals surface area contributed by atoms with Crippen molar-refractivity contribution in [2.45, 2.75) is 19.9 Å². The zero-order chi connectivity index (χ0) is 14.4. The number of ether oxygens (including phenoxy) is 2. The lowest BCUT2D eigenvalue weighted by atomic mass is 10.1. The van der Waals surface area contributed by atoms with Gasteiger partial charge in [0.15, 0.2) is 17.6 Å². The lowest BCUT2D eigenvalue weighted by Crippen LogP contribution is -2.33. The van der Waals surface area contributed by atoms with Crippen LogP contribution in [0.5, 0.6) is 5.75 Å². The fourth-order valence-corrected chi connectivity index (χ4v) is 1.57. The third-order valence-corrected chi connectivity index (χ3v) is 2.37. The Morgan fingerprint density at radius 2 is 2.11 bits per heavy atom. The highest BCUT2D eigenvalue weighted by Gasteiger charge is 2.23. The van der Waals surface area contributed by atoms with Gasteiger partial charge in [0.25, 0.3) is 0 Å². The van der Waals surface area contributed by atoms with Crippen molar-refractivity contribution in [2.24, 2.45) is 0 Å². The Balaban J connectivity index is 3.05. The number of hydrogen-bond acceptors (Lipinski definition) is 4. The maximum atomic E-state index is 13.7. The van der Waals surface area contributed by atoms with Gasteiger partial charge in [-0.05, 0) is 24.6 Å². The number of amides is 1. The maximum Gasteiger partial charge on any atom is 0.333 e. The summed E-state index contributed by atoms with van der Waals surface area (Å²) in [6.45, 7) is 3.34. The SMILES string of the molecule is CCOc1ccc(C(NC(C)=O)C(=O)OC)cc1F. The van der Waals surface area contributed by atoms with Crippen molar-refractivity contribution < 1.29 is 23.5 Å². The van der Waals surface area contributed by atoms with Crippen molar-refractivity contribution in [1.82, 2.24) is 5.32 Å². The zero-order valence-corrected chi connectivity index (χ0v) is 11.0. The van der Waals surface area contributed by atoms with Crippen LogP contribution < -0.4 is 10.1 Å². The largest absolute Gasteiger partial charge is 0.491 e. The molecule has 1 rings (SSSR count). The molecule has 1 unspecified atom stereocenters. The van der Waals surface area contributed by atoms with Gasteiger partial charge in [0, 0.05) is 6.92 Å². The van der Waals surface area contributed by atoms with Crippen LogP contribution in [0, 0.1) is 5.82 Å². The molecule has 0 bridgehead atoms. The van der Waals surface area contributed by atoms with E-state index in [1.165, 1.54) is 26.2 Å². The molecule has 19 heavy (non-hydrogen) atoms. The van der Waals surface area contributed by atoms with Crippen LogP contribution >= 0.6 is 0 Å². The van der Waals surface area contributed by atoms with Crippen molar-refractivity contribution in [2.75, 3.05) is 13.7 Å². The van der Waals surface area contributed by atoms with E-state index in [0.717, 1.165) is 6.07 Å². The van der Waals surface area contributed by atoms with Crippen LogP contribution in [0.3, 0.4) is 0 Å². The van der Waals surface area contributed by atoms with Gasteiger partial charge >= 0.3 is 5.97 Å². The highest BCUT2D eigenvalue weighted by atomic mass is 19.1. The molecule has 6 heteroatoms. The van der Waals surface area contributed by atoms with Gasteiger partial charge in [0.2, 0.25) is 5.91 Å². The normalized spacial score (nSPS) is 11.6. The van der Waals surface area contributed by atoms with Crippen LogP contribution in [0.1, 0.15) is 25.5 Å². The van der Waals surface area contributed by atoms with Crippen molar-refractivity contribution in [3.63, 3.8) is 0 Å². The van der Waals surface area contributed by atoms with Gasteiger partial charge in [-0.3, -0.25) is 4.79 Å². The Hall–Kier alpha value is -2.11. The first kappa shape index (κ1) is 14.9. The number of hydrogen-bond donors (Lipinski definition) is 1. The summed E-state index contributed by atoms with van der Waals surface area (Å²) >= 11 is 0. The number of methoxy groups -OCH3 is 1. The molecule has 0 aliphatic heterocycles. The summed E-state index contributed by atoms with van der Waals surface area (Å²) in [6.07, 6.45) is 0. The molecule has 1 aromatic carbocycles. The summed E-state index contributed by atoms with van der Waals surface area (Å²) < 4.78 is 23.4. The van der Waals surface area contributed by atoms with Gasteiger partial charge in [-0.2, -0.15) is 0 Å². The minimum Gasteiger partial charge on any atom is -0.491 e. The van der Waals surface area contributed by atoms with Crippen LogP contribution in [0.15, 0.2) is 18.2 Å². The second kappa shape index (κ2) is 6.72. The lowest BCUT2D eigenvalue weighted by Gasteiger charge is -2.16. The van der Waals surface area contributed by atoms with Crippen LogP contribution in [-0.4, -0.2) is 25.6 Å². The molecule has 0 aromatic heterocycles. The van der Waals surface area contributed by atoms with E-state index in [-0.39, 0.29) is 5.75 Å². The van der Waals surface area contributed by atoms with E-state index in [0.29, 0.717) is 12.2 Å². The molecule has 0 aliphatic rings. The predicted octanol–water partition coefficient (Wildman–Crippen LogP) is 1.57. The van der Waals surface area contributed by atoms with E-state index in [2.05, 4.69) is 10.1 Å². The van der Waals surface area contributed by atoms with Gasteiger partial charge in [-0.25, -0.2) is 9.18 Å². The van der Waals surface area contributed by atoms with E-state index < -0.39 is 23.7 Å². The molecule has 1 aromatic rings. The average molecular weight is 269 g/mol. The number of rotatable bonds is 5. The molecule has 5 nitrogen and oxygen atoms in total. The molecule has 104 valence electrons. The molecule has 0 radical (unpaired) electrons. The molecule has 0 fully saturated rings. The lowest BCUT2D eigenvalue weighted by molar-refractivity contribution is -0.145. The Morgan fingerprint density at radius 3 is 2.58 bits per heavy atom. The first-order valence-electron chi connectivity index (χ1n) is 5.76. The Morgan fingerprint density at radius 1 is 1.42 bits per heavy atom. The van der Waals surface area contributed by atoms with Crippen LogP contribution in [0.25, 0.3) is 0 Å². The van der Waals surface area contributed by atoms with E-state index in [4.69, 9.17) is 4.74 Å². The molecule has 0 saturated carbocycles. The third-order valence-electron chi connectivity index (χ3n) is 2.37. The van der Waals surface area contributed by atoms with Crippen molar-refractivity contribution in [3.8, 4) is 5.75 Å². The monoisotopic (exact) mass is 269 g/mol. The van der Waals surface area contributed by atoms with Gasteiger partial charge in [0.05, 0.1) is 13.7 Å². The number of halogens is 1. The highest BCUT2D eigenvalue weighted by Crippen LogP contribution is 2.23. The quantitative estimate of drug-likeness (QED) is 0.824. The Bertz CT molecular complexity index is 476. The van der Waals surface area contributed by atoms with Crippen molar-refractivity contribution in [3.05, 3.63) is 29.6 Å². The van der Waals surface area contributed by atoms with E-state index in [9.17, 15) is 14.0 Å². The van der Waals surface area contributed by atoms with Gasteiger partial charge < -0.3 is 14.8 Å². The van der Waals surface area contributed by atoms with Crippen molar-refractivity contribution in [1.29, 1.82) is 0 Å². The second-order valence-corrected chi connectivity index (χ2v) is 3.78. The molecule has 0 spiro atoms. The molecule has 0 heterocycles. The van der Waals surface area contributed by atoms with Crippen LogP contribution in [0.4, 0.5) is 4.39 Å². The summed E-state index contributed by atoms with van der Waals surface area (Å²) in [7, 11) is 1.20. The van der Waals surface area contributed by atoms with Crippen LogP contribution in [0.2, 0.25) is 0 Å². The highest BCUT2D eigenvalue weighted by molar-refractivity contribution is 5.84. The summed E-state index contributed by atoms with van der Waals surface area (Å²) in [5.74, 6) is -1.58. The standard InChI is InChI=1S/C13H16FNO4/c1-4-19-11-6-5-9(7-10(11)14)12(13(17)18-3)15-8(2)16/h5-7,12H,4H2,1-3H3,(H,15,16). The van der Waals surface area contributed by atoms with Crippen molar-refractivity contribution >= 4 is 11.9 Å². The summed E-state index contributed by atoms with van der Waals surface area (Å²) in [5.41, 5.74) is 0.294. The molecular formula is C13H16FNO4. The molecule has 1 atom stereocenters. The number of carbonyl (C=O) groups is 2. The smallest absolute Gasteiger partial charge is 0.333 e. The van der Waals surface area contributed by atoms with E-state index >= 15 is 0 Å². The summed E-state index contributed by atoms with van der Waals surface area (Å²) in [4.78, 5) is 22.6.